The minimum Gasteiger partial charge on any atom is -0.306 e. The van der Waals surface area contributed by atoms with E-state index in [2.05, 4.69) is 29.1 Å². The Morgan fingerprint density at radius 2 is 1.89 bits per heavy atom. The smallest absolute Gasteiger partial charge is 0.256 e. The average Bonchev–Trinajstić information content (AvgIpc) is 2.39. The van der Waals surface area contributed by atoms with Crippen LogP contribution in [0.3, 0.4) is 0 Å². The zero-order chi connectivity index (χ0) is 13.8. The predicted molar refractivity (Wildman–Crippen MR) is 75.5 cm³/mol. The molecule has 4 nitrogen and oxygen atoms in total. The van der Waals surface area contributed by atoms with Gasteiger partial charge in [-0.1, -0.05) is 37.6 Å². The molecule has 0 aliphatic rings. The Morgan fingerprint density at radius 1 is 1.21 bits per heavy atom. The second-order valence-electron chi connectivity index (χ2n) is 4.46. The lowest BCUT2D eigenvalue weighted by Crippen LogP contribution is -2.13. The molecule has 0 saturated carbocycles. The number of carbonyl (C=O) groups is 1. The number of benzene rings is 1. The van der Waals surface area contributed by atoms with E-state index in [9.17, 15) is 4.79 Å². The third kappa shape index (κ3) is 3.51. The number of halogens is 1. The van der Waals surface area contributed by atoms with Crippen LogP contribution in [0.4, 0.5) is 5.82 Å². The molecule has 1 aromatic carbocycles. The third-order valence-electron chi connectivity index (χ3n) is 2.71. The van der Waals surface area contributed by atoms with E-state index in [0.717, 1.165) is 0 Å². The van der Waals surface area contributed by atoms with Crippen LogP contribution in [0.1, 0.15) is 35.7 Å². The summed E-state index contributed by atoms with van der Waals surface area (Å²) in [5, 5.41) is 2.97. The van der Waals surface area contributed by atoms with Gasteiger partial charge in [-0.15, -0.1) is 0 Å². The number of nitrogens with zero attached hydrogens (tertiary/aromatic N) is 2. The summed E-state index contributed by atoms with van der Waals surface area (Å²) < 4.78 is 0. The molecule has 19 heavy (non-hydrogen) atoms. The van der Waals surface area contributed by atoms with Crippen molar-refractivity contribution in [1.29, 1.82) is 0 Å². The summed E-state index contributed by atoms with van der Waals surface area (Å²) in [7, 11) is 0. The standard InChI is InChI=1S/C14H14ClN3O/c1-9(2)10-3-5-11(6-4-10)14(19)18-13-7-12(15)16-8-17-13/h3-9H,1-2H3,(H,16,17,18,19). The van der Waals surface area contributed by atoms with Gasteiger partial charge in [0, 0.05) is 11.6 Å². The zero-order valence-corrected chi connectivity index (χ0v) is 11.5. The molecule has 0 unspecified atom stereocenters. The maximum atomic E-state index is 12.0. The largest absolute Gasteiger partial charge is 0.306 e. The Hall–Kier alpha value is -1.94. The fourth-order valence-electron chi connectivity index (χ4n) is 1.61. The lowest BCUT2D eigenvalue weighted by Gasteiger charge is -2.07. The highest BCUT2D eigenvalue weighted by Gasteiger charge is 2.08. The summed E-state index contributed by atoms with van der Waals surface area (Å²) in [5.41, 5.74) is 1.78. The van der Waals surface area contributed by atoms with E-state index in [0.29, 0.717) is 22.5 Å². The molecule has 0 atom stereocenters. The van der Waals surface area contributed by atoms with Crippen LogP contribution in [0, 0.1) is 0 Å². The highest BCUT2D eigenvalue weighted by molar-refractivity contribution is 6.29. The quantitative estimate of drug-likeness (QED) is 0.872. The third-order valence-corrected chi connectivity index (χ3v) is 2.92. The molecule has 0 radical (unpaired) electrons. The SMILES string of the molecule is CC(C)c1ccc(C(=O)Nc2cc(Cl)ncn2)cc1. The monoisotopic (exact) mass is 275 g/mol. The molecule has 2 aromatic rings. The van der Waals surface area contributed by atoms with Gasteiger partial charge < -0.3 is 5.32 Å². The van der Waals surface area contributed by atoms with Crippen LogP contribution in [0.15, 0.2) is 36.7 Å². The van der Waals surface area contributed by atoms with E-state index < -0.39 is 0 Å². The first-order valence-electron chi connectivity index (χ1n) is 5.95. The molecule has 5 heteroatoms. The van der Waals surface area contributed by atoms with Crippen molar-refractivity contribution in [3.8, 4) is 0 Å². The van der Waals surface area contributed by atoms with Gasteiger partial charge in [0.05, 0.1) is 0 Å². The second kappa shape index (κ2) is 5.80. The number of anilines is 1. The lowest BCUT2D eigenvalue weighted by atomic mass is 10.0. The first-order valence-corrected chi connectivity index (χ1v) is 6.33. The van der Waals surface area contributed by atoms with Crippen molar-refractivity contribution in [3.05, 3.63) is 52.9 Å². The molecule has 2 rings (SSSR count). The molecular formula is C14H14ClN3O. The molecule has 1 heterocycles. The van der Waals surface area contributed by atoms with Gasteiger partial charge in [0.2, 0.25) is 0 Å². The highest BCUT2D eigenvalue weighted by Crippen LogP contribution is 2.16. The van der Waals surface area contributed by atoms with Gasteiger partial charge in [-0.05, 0) is 23.6 Å². The van der Waals surface area contributed by atoms with Crippen molar-refractivity contribution in [3.63, 3.8) is 0 Å². The van der Waals surface area contributed by atoms with Crippen molar-refractivity contribution in [2.45, 2.75) is 19.8 Å². The fourth-order valence-corrected chi connectivity index (χ4v) is 1.76. The van der Waals surface area contributed by atoms with Crippen molar-refractivity contribution in [2.24, 2.45) is 0 Å². The van der Waals surface area contributed by atoms with Crippen LogP contribution in [-0.2, 0) is 0 Å². The summed E-state index contributed by atoms with van der Waals surface area (Å²) in [6, 6.07) is 9.00. The number of aromatic nitrogens is 2. The molecule has 0 saturated heterocycles. The summed E-state index contributed by atoms with van der Waals surface area (Å²) in [6.45, 7) is 4.22. The van der Waals surface area contributed by atoms with Gasteiger partial charge in [0.25, 0.3) is 5.91 Å². The van der Waals surface area contributed by atoms with E-state index in [1.54, 1.807) is 12.1 Å². The fraction of sp³-hybridized carbons (Fsp3) is 0.214. The van der Waals surface area contributed by atoms with E-state index in [-0.39, 0.29) is 5.91 Å². The minimum absolute atomic E-state index is 0.218. The summed E-state index contributed by atoms with van der Waals surface area (Å²) in [4.78, 5) is 19.7. The molecule has 0 aliphatic heterocycles. The van der Waals surface area contributed by atoms with Crippen molar-refractivity contribution < 1.29 is 4.79 Å². The number of amides is 1. The van der Waals surface area contributed by atoms with E-state index in [1.807, 2.05) is 12.1 Å². The van der Waals surface area contributed by atoms with Crippen LogP contribution in [-0.4, -0.2) is 15.9 Å². The van der Waals surface area contributed by atoms with E-state index in [1.165, 1.54) is 18.0 Å². The second-order valence-corrected chi connectivity index (χ2v) is 4.84. The predicted octanol–water partition coefficient (Wildman–Crippen LogP) is 3.51. The maximum absolute atomic E-state index is 12.0. The van der Waals surface area contributed by atoms with Gasteiger partial charge in [-0.3, -0.25) is 4.79 Å². The van der Waals surface area contributed by atoms with Crippen LogP contribution >= 0.6 is 11.6 Å². The highest BCUT2D eigenvalue weighted by atomic mass is 35.5. The van der Waals surface area contributed by atoms with Crippen LogP contribution in [0.5, 0.6) is 0 Å². The molecule has 0 aliphatic carbocycles. The average molecular weight is 276 g/mol. The Labute approximate surface area is 116 Å². The Bertz CT molecular complexity index is 581. The topological polar surface area (TPSA) is 54.9 Å². The van der Waals surface area contributed by atoms with Crippen LogP contribution < -0.4 is 5.32 Å². The molecule has 0 bridgehead atoms. The van der Waals surface area contributed by atoms with E-state index >= 15 is 0 Å². The lowest BCUT2D eigenvalue weighted by molar-refractivity contribution is 0.102. The number of hydrogen-bond acceptors (Lipinski definition) is 3. The maximum Gasteiger partial charge on any atom is 0.256 e. The van der Waals surface area contributed by atoms with Crippen molar-refractivity contribution >= 4 is 23.3 Å². The number of nitrogens with one attached hydrogen (secondary N) is 1. The van der Waals surface area contributed by atoms with Crippen LogP contribution in [0.2, 0.25) is 5.15 Å². The molecule has 98 valence electrons. The van der Waals surface area contributed by atoms with Gasteiger partial charge in [-0.2, -0.15) is 0 Å². The molecule has 1 aromatic heterocycles. The molecule has 1 N–H and O–H groups in total. The number of rotatable bonds is 3. The van der Waals surface area contributed by atoms with E-state index in [4.69, 9.17) is 11.6 Å². The van der Waals surface area contributed by atoms with Gasteiger partial charge in [0.1, 0.15) is 17.3 Å². The molecule has 0 fully saturated rings. The van der Waals surface area contributed by atoms with Gasteiger partial charge in [0.15, 0.2) is 0 Å². The first-order chi connectivity index (χ1) is 9.06. The summed E-state index contributed by atoms with van der Waals surface area (Å²) >= 11 is 5.73. The molecule has 0 spiro atoms. The molecular weight excluding hydrogens is 262 g/mol. The number of hydrogen-bond donors (Lipinski definition) is 1. The van der Waals surface area contributed by atoms with Gasteiger partial charge in [-0.25, -0.2) is 9.97 Å². The molecule has 1 amide bonds. The van der Waals surface area contributed by atoms with Gasteiger partial charge >= 0.3 is 0 Å². The summed E-state index contributed by atoms with van der Waals surface area (Å²) in [6.07, 6.45) is 1.31. The zero-order valence-electron chi connectivity index (χ0n) is 10.7. The summed E-state index contributed by atoms with van der Waals surface area (Å²) in [5.74, 6) is 0.612. The Balaban J connectivity index is 2.11. The van der Waals surface area contributed by atoms with Crippen molar-refractivity contribution in [2.75, 3.05) is 5.32 Å². The number of carbonyl (C=O) groups excluding carboxylic acids is 1. The first kappa shape index (κ1) is 13.5. The normalized spacial score (nSPS) is 10.5. The Kier molecular flexibility index (Phi) is 4.12. The van der Waals surface area contributed by atoms with Crippen molar-refractivity contribution in [1.82, 2.24) is 9.97 Å². The minimum atomic E-state index is -0.218. The van der Waals surface area contributed by atoms with Crippen LogP contribution in [0.25, 0.3) is 0 Å². The Morgan fingerprint density at radius 3 is 2.47 bits per heavy atom.